The molecule has 2 fully saturated rings. The van der Waals surface area contributed by atoms with Crippen LogP contribution in [0.2, 0.25) is 0 Å². The number of carbonyl (C=O) groups is 3. The SMILES string of the molecule is COC(=O)C(O)[C@@H]1CCCN1C(=O)[C@@H](NC(=O)OC(C)(C)C)C1CCCCC1. The van der Waals surface area contributed by atoms with Crippen LogP contribution in [0, 0.1) is 5.92 Å². The summed E-state index contributed by atoms with van der Waals surface area (Å²) < 4.78 is 9.99. The fourth-order valence-electron chi connectivity index (χ4n) is 4.13. The molecule has 1 aliphatic carbocycles. The maximum atomic E-state index is 13.4. The van der Waals surface area contributed by atoms with Gasteiger partial charge in [-0.2, -0.15) is 0 Å². The predicted octanol–water partition coefficient (Wildman–Crippen LogP) is 1.98. The second kappa shape index (κ2) is 9.58. The van der Waals surface area contributed by atoms with Crippen molar-refractivity contribution in [3.05, 3.63) is 0 Å². The number of methoxy groups -OCH3 is 1. The van der Waals surface area contributed by atoms with Crippen LogP contribution in [0.5, 0.6) is 0 Å². The van der Waals surface area contributed by atoms with Crippen molar-refractivity contribution in [2.24, 2.45) is 5.92 Å². The lowest BCUT2D eigenvalue weighted by Crippen LogP contribution is -2.56. The third-order valence-electron chi connectivity index (χ3n) is 5.45. The molecule has 0 bridgehead atoms. The van der Waals surface area contributed by atoms with E-state index in [2.05, 4.69) is 10.1 Å². The molecule has 2 aliphatic rings. The fraction of sp³-hybridized carbons (Fsp3) is 0.850. The predicted molar refractivity (Wildman–Crippen MR) is 102 cm³/mol. The quantitative estimate of drug-likeness (QED) is 0.686. The zero-order valence-electron chi connectivity index (χ0n) is 17.4. The Labute approximate surface area is 166 Å². The summed E-state index contributed by atoms with van der Waals surface area (Å²) in [5.41, 5.74) is -0.665. The number of carbonyl (C=O) groups excluding carboxylic acids is 3. The zero-order valence-corrected chi connectivity index (χ0v) is 17.4. The lowest BCUT2D eigenvalue weighted by molar-refractivity contribution is -0.156. The summed E-state index contributed by atoms with van der Waals surface area (Å²) in [6.45, 7) is 5.75. The molecule has 0 aromatic carbocycles. The molecular formula is C20H34N2O6. The average Bonchev–Trinajstić information content (AvgIpc) is 3.13. The van der Waals surface area contributed by atoms with E-state index in [0.29, 0.717) is 19.4 Å². The molecule has 160 valence electrons. The molecule has 1 saturated heterocycles. The number of aliphatic hydroxyl groups excluding tert-OH is 1. The molecule has 1 saturated carbocycles. The van der Waals surface area contributed by atoms with Crippen LogP contribution in [0.1, 0.15) is 65.7 Å². The van der Waals surface area contributed by atoms with E-state index in [9.17, 15) is 19.5 Å². The topological polar surface area (TPSA) is 105 Å². The number of ether oxygens (including phenoxy) is 2. The summed E-state index contributed by atoms with van der Waals surface area (Å²) in [7, 11) is 1.21. The van der Waals surface area contributed by atoms with Gasteiger partial charge in [0.25, 0.3) is 0 Å². The first-order valence-electron chi connectivity index (χ1n) is 10.2. The molecule has 2 rings (SSSR count). The van der Waals surface area contributed by atoms with Crippen molar-refractivity contribution in [1.29, 1.82) is 0 Å². The van der Waals surface area contributed by atoms with Crippen molar-refractivity contribution in [3.63, 3.8) is 0 Å². The second-order valence-electron chi connectivity index (χ2n) is 8.73. The van der Waals surface area contributed by atoms with Gasteiger partial charge in [0.05, 0.1) is 13.2 Å². The van der Waals surface area contributed by atoms with E-state index < -0.39 is 35.9 Å². The molecular weight excluding hydrogens is 364 g/mol. The molecule has 2 N–H and O–H groups in total. The molecule has 28 heavy (non-hydrogen) atoms. The Morgan fingerprint density at radius 1 is 1.07 bits per heavy atom. The van der Waals surface area contributed by atoms with E-state index in [1.54, 1.807) is 20.8 Å². The van der Waals surface area contributed by atoms with Gasteiger partial charge in [0.15, 0.2) is 6.10 Å². The van der Waals surface area contributed by atoms with Crippen molar-refractivity contribution in [3.8, 4) is 0 Å². The van der Waals surface area contributed by atoms with Gasteiger partial charge in [0.1, 0.15) is 11.6 Å². The number of likely N-dealkylation sites (tertiary alicyclic amines) is 1. The van der Waals surface area contributed by atoms with Gasteiger partial charge >= 0.3 is 12.1 Å². The number of hydrogen-bond acceptors (Lipinski definition) is 6. The van der Waals surface area contributed by atoms with Crippen LogP contribution in [0.4, 0.5) is 4.79 Å². The number of hydrogen-bond donors (Lipinski definition) is 2. The number of esters is 1. The minimum absolute atomic E-state index is 0.0188. The van der Waals surface area contributed by atoms with Crippen LogP contribution in [-0.2, 0) is 19.1 Å². The summed E-state index contributed by atoms with van der Waals surface area (Å²) >= 11 is 0. The lowest BCUT2D eigenvalue weighted by atomic mass is 9.83. The zero-order chi connectivity index (χ0) is 20.9. The third-order valence-corrected chi connectivity index (χ3v) is 5.45. The van der Waals surface area contributed by atoms with E-state index in [0.717, 1.165) is 32.1 Å². The van der Waals surface area contributed by atoms with Crippen LogP contribution in [0.15, 0.2) is 0 Å². The molecule has 8 nitrogen and oxygen atoms in total. The van der Waals surface area contributed by atoms with E-state index in [1.807, 2.05) is 0 Å². The molecule has 1 aliphatic heterocycles. The Morgan fingerprint density at radius 2 is 1.71 bits per heavy atom. The Hall–Kier alpha value is -1.83. The highest BCUT2D eigenvalue weighted by atomic mass is 16.6. The molecule has 0 aromatic rings. The van der Waals surface area contributed by atoms with Gasteiger partial charge in [-0.3, -0.25) is 4.79 Å². The number of nitrogens with one attached hydrogen (secondary N) is 1. The number of nitrogens with zero attached hydrogens (tertiary/aromatic N) is 1. The molecule has 8 heteroatoms. The molecule has 0 spiro atoms. The number of rotatable bonds is 5. The highest BCUT2D eigenvalue weighted by Crippen LogP contribution is 2.30. The number of alkyl carbamates (subject to hydrolysis) is 1. The fourth-order valence-corrected chi connectivity index (χ4v) is 4.13. The van der Waals surface area contributed by atoms with E-state index in [1.165, 1.54) is 12.0 Å². The third kappa shape index (κ3) is 5.83. The van der Waals surface area contributed by atoms with Crippen LogP contribution in [-0.4, -0.2) is 65.4 Å². The largest absolute Gasteiger partial charge is 0.467 e. The van der Waals surface area contributed by atoms with Crippen molar-refractivity contribution >= 4 is 18.0 Å². The van der Waals surface area contributed by atoms with Crippen LogP contribution < -0.4 is 5.32 Å². The number of aliphatic hydroxyl groups is 1. The van der Waals surface area contributed by atoms with Gasteiger partial charge < -0.3 is 24.8 Å². The van der Waals surface area contributed by atoms with Crippen LogP contribution in [0.3, 0.4) is 0 Å². The van der Waals surface area contributed by atoms with Gasteiger partial charge in [-0.15, -0.1) is 0 Å². The van der Waals surface area contributed by atoms with Gasteiger partial charge in [0, 0.05) is 6.54 Å². The monoisotopic (exact) mass is 398 g/mol. The van der Waals surface area contributed by atoms with Gasteiger partial charge in [0.2, 0.25) is 5.91 Å². The van der Waals surface area contributed by atoms with Crippen molar-refractivity contribution in [2.75, 3.05) is 13.7 Å². The Balaban J connectivity index is 2.17. The molecule has 0 radical (unpaired) electrons. The first-order chi connectivity index (χ1) is 13.1. The Bertz CT molecular complexity index is 568. The first kappa shape index (κ1) is 22.5. The van der Waals surface area contributed by atoms with Gasteiger partial charge in [-0.05, 0) is 52.4 Å². The summed E-state index contributed by atoms with van der Waals surface area (Å²) in [4.78, 5) is 39.0. The van der Waals surface area contributed by atoms with Crippen molar-refractivity contribution in [2.45, 2.75) is 89.5 Å². The average molecular weight is 399 g/mol. The smallest absolute Gasteiger partial charge is 0.408 e. The molecule has 1 heterocycles. The Morgan fingerprint density at radius 3 is 2.29 bits per heavy atom. The Kier molecular flexibility index (Phi) is 7.69. The van der Waals surface area contributed by atoms with E-state index in [-0.39, 0.29) is 11.8 Å². The summed E-state index contributed by atoms with van der Waals surface area (Å²) in [5, 5.41) is 13.1. The summed E-state index contributed by atoms with van der Waals surface area (Å²) in [6, 6.07) is -1.35. The normalized spacial score (nSPS) is 23.0. The summed E-state index contributed by atoms with van der Waals surface area (Å²) in [6.07, 6.45) is 4.05. The summed E-state index contributed by atoms with van der Waals surface area (Å²) in [5.74, 6) is -0.993. The lowest BCUT2D eigenvalue weighted by Gasteiger charge is -2.36. The molecule has 2 amide bonds. The minimum atomic E-state index is -1.38. The maximum Gasteiger partial charge on any atom is 0.408 e. The second-order valence-corrected chi connectivity index (χ2v) is 8.73. The van der Waals surface area contributed by atoms with Gasteiger partial charge in [-0.1, -0.05) is 19.3 Å². The molecule has 1 unspecified atom stereocenters. The van der Waals surface area contributed by atoms with Crippen molar-refractivity contribution in [1.82, 2.24) is 10.2 Å². The highest BCUT2D eigenvalue weighted by Gasteiger charge is 2.43. The van der Waals surface area contributed by atoms with Crippen LogP contribution in [0.25, 0.3) is 0 Å². The highest BCUT2D eigenvalue weighted by molar-refractivity contribution is 5.87. The first-order valence-corrected chi connectivity index (χ1v) is 10.2. The van der Waals surface area contributed by atoms with Crippen molar-refractivity contribution < 1.29 is 29.0 Å². The standard InChI is InChI=1S/C20H34N2O6/c1-20(2,3)28-19(26)21-15(13-9-6-5-7-10-13)17(24)22-12-8-11-14(22)16(23)18(25)27-4/h13-16,23H,5-12H2,1-4H3,(H,21,26)/t14-,15-,16?/m0/s1. The van der Waals surface area contributed by atoms with E-state index >= 15 is 0 Å². The molecule has 0 aromatic heterocycles. The van der Waals surface area contributed by atoms with Crippen LogP contribution >= 0.6 is 0 Å². The minimum Gasteiger partial charge on any atom is -0.467 e. The van der Waals surface area contributed by atoms with Gasteiger partial charge in [-0.25, -0.2) is 9.59 Å². The van der Waals surface area contributed by atoms with E-state index in [4.69, 9.17) is 4.74 Å². The number of amides is 2. The maximum absolute atomic E-state index is 13.4. The molecule has 3 atom stereocenters.